The van der Waals surface area contributed by atoms with Gasteiger partial charge in [-0.1, -0.05) is 30.3 Å². The molecule has 0 bridgehead atoms. The summed E-state index contributed by atoms with van der Waals surface area (Å²) in [7, 11) is 0. The molecule has 0 fully saturated rings. The first-order valence-electron chi connectivity index (χ1n) is 12.7. The summed E-state index contributed by atoms with van der Waals surface area (Å²) in [6.45, 7) is 0. The largest absolute Gasteiger partial charge is 0.322 e. The minimum Gasteiger partial charge on any atom is -0.322 e. The lowest BCUT2D eigenvalue weighted by atomic mass is 10.0. The van der Waals surface area contributed by atoms with Crippen LogP contribution in [0.1, 0.15) is 10.4 Å². The number of fused-ring (bicyclic) bond motifs is 9. The highest BCUT2D eigenvalue weighted by atomic mass is 16.1. The van der Waals surface area contributed by atoms with Gasteiger partial charge in [-0.15, -0.1) is 0 Å². The third kappa shape index (κ3) is 3.46. The predicted octanol–water partition coefficient (Wildman–Crippen LogP) is 7.44. The average molecular weight is 502 g/mol. The fraction of sp³-hybridized carbons (Fsp3) is 0. The van der Waals surface area contributed by atoms with Gasteiger partial charge in [0.1, 0.15) is 0 Å². The van der Waals surface area contributed by atoms with Crippen molar-refractivity contribution in [1.82, 2.24) is 19.9 Å². The number of anilines is 1. The van der Waals surface area contributed by atoms with E-state index < -0.39 is 0 Å². The van der Waals surface area contributed by atoms with E-state index in [1.54, 1.807) is 12.4 Å². The minimum atomic E-state index is -0.176. The van der Waals surface area contributed by atoms with Gasteiger partial charge in [-0.05, 0) is 88.3 Å². The molecule has 0 spiro atoms. The van der Waals surface area contributed by atoms with E-state index in [2.05, 4.69) is 39.6 Å². The van der Waals surface area contributed by atoms with Crippen LogP contribution in [-0.4, -0.2) is 25.8 Å². The molecular weight excluding hydrogens is 482 g/mol. The second kappa shape index (κ2) is 8.26. The fourth-order valence-corrected chi connectivity index (χ4v) is 5.36. The number of pyridine rings is 2. The fourth-order valence-electron chi connectivity index (χ4n) is 5.36. The zero-order valence-electron chi connectivity index (χ0n) is 20.6. The number of aromatic nitrogens is 4. The normalized spacial score (nSPS) is 11.7. The Morgan fingerprint density at radius 3 is 1.90 bits per heavy atom. The third-order valence-electron chi connectivity index (χ3n) is 7.24. The first-order chi connectivity index (χ1) is 19.2. The lowest BCUT2D eigenvalue weighted by Gasteiger charge is -2.10. The summed E-state index contributed by atoms with van der Waals surface area (Å²) in [6.07, 6.45) is 3.53. The summed E-state index contributed by atoms with van der Waals surface area (Å²) in [4.78, 5) is 32.3. The maximum Gasteiger partial charge on any atom is 0.255 e. The number of amides is 1. The molecule has 182 valence electrons. The van der Waals surface area contributed by atoms with E-state index in [0.29, 0.717) is 16.8 Å². The molecule has 0 aliphatic carbocycles. The zero-order valence-corrected chi connectivity index (χ0v) is 20.6. The molecular formula is C33H19N5O. The monoisotopic (exact) mass is 501 g/mol. The predicted molar refractivity (Wildman–Crippen MR) is 157 cm³/mol. The molecule has 3 aromatic heterocycles. The Morgan fingerprint density at radius 2 is 1.18 bits per heavy atom. The molecule has 6 nitrogen and oxygen atoms in total. The topological polar surface area (TPSA) is 80.7 Å². The van der Waals surface area contributed by atoms with Gasteiger partial charge in [-0.2, -0.15) is 0 Å². The van der Waals surface area contributed by atoms with Crippen molar-refractivity contribution in [2.45, 2.75) is 0 Å². The SMILES string of the molecule is O=C(Nc1ccc2nc3c4cccnc4c4ncccc4c3nc2c1)c1ccc2cc3ccccc3cc2c1. The number of benzene rings is 5. The number of nitrogens with zero attached hydrogens (tertiary/aromatic N) is 4. The second-order valence-electron chi connectivity index (χ2n) is 9.64. The molecule has 8 aromatic rings. The summed E-state index contributed by atoms with van der Waals surface area (Å²) in [5.41, 5.74) is 5.83. The van der Waals surface area contributed by atoms with Crippen LogP contribution in [0.3, 0.4) is 0 Å². The maximum absolute atomic E-state index is 13.2. The van der Waals surface area contributed by atoms with Gasteiger partial charge < -0.3 is 5.32 Å². The Balaban J connectivity index is 1.21. The number of hydrogen-bond acceptors (Lipinski definition) is 5. The average Bonchev–Trinajstić information content (AvgIpc) is 2.99. The van der Waals surface area contributed by atoms with E-state index in [9.17, 15) is 4.79 Å². The van der Waals surface area contributed by atoms with Crippen molar-refractivity contribution in [1.29, 1.82) is 0 Å². The standard InChI is InChI=1S/C33H19N5O/c39-33(22-10-9-21-15-19-5-1-2-6-20(19)16-23(21)17-22)36-24-11-12-27-28(18-24)38-32-26-8-4-14-35-30(26)29-25(31(32)37-27)7-3-13-34-29/h1-18H,(H,36,39). The van der Waals surface area contributed by atoms with Crippen molar-refractivity contribution >= 4 is 77.0 Å². The molecule has 3 heterocycles. The van der Waals surface area contributed by atoms with E-state index in [1.807, 2.05) is 72.8 Å². The smallest absolute Gasteiger partial charge is 0.255 e. The van der Waals surface area contributed by atoms with E-state index in [4.69, 9.17) is 9.97 Å². The molecule has 0 aliphatic rings. The molecule has 0 saturated heterocycles. The number of hydrogen-bond donors (Lipinski definition) is 1. The summed E-state index contributed by atoms with van der Waals surface area (Å²) in [5, 5.41) is 9.30. The number of carbonyl (C=O) groups excluding carboxylic acids is 1. The molecule has 8 rings (SSSR count). The summed E-state index contributed by atoms with van der Waals surface area (Å²) in [6, 6.07) is 31.7. The first-order valence-corrected chi connectivity index (χ1v) is 12.7. The Bertz CT molecular complexity index is 2290. The van der Waals surface area contributed by atoms with Gasteiger partial charge in [-0.3, -0.25) is 14.8 Å². The molecule has 0 atom stereocenters. The van der Waals surface area contributed by atoms with Crippen LogP contribution in [0.15, 0.2) is 109 Å². The van der Waals surface area contributed by atoms with Crippen molar-refractivity contribution in [2.24, 2.45) is 0 Å². The number of carbonyl (C=O) groups is 1. The van der Waals surface area contributed by atoms with Crippen molar-refractivity contribution in [3.63, 3.8) is 0 Å². The highest BCUT2D eigenvalue weighted by molar-refractivity contribution is 6.21. The molecule has 6 heteroatoms. The first kappa shape index (κ1) is 21.6. The van der Waals surface area contributed by atoms with Gasteiger partial charge in [0.2, 0.25) is 0 Å². The van der Waals surface area contributed by atoms with Crippen LogP contribution in [0, 0.1) is 0 Å². The van der Waals surface area contributed by atoms with Crippen molar-refractivity contribution in [2.75, 3.05) is 5.32 Å². The van der Waals surface area contributed by atoms with Gasteiger partial charge in [0.25, 0.3) is 5.91 Å². The van der Waals surface area contributed by atoms with Gasteiger partial charge in [0.15, 0.2) is 0 Å². The van der Waals surface area contributed by atoms with Gasteiger partial charge in [-0.25, -0.2) is 9.97 Å². The van der Waals surface area contributed by atoms with Crippen LogP contribution < -0.4 is 5.32 Å². The quantitative estimate of drug-likeness (QED) is 0.197. The Morgan fingerprint density at radius 1 is 0.538 bits per heavy atom. The van der Waals surface area contributed by atoms with Gasteiger partial charge in [0, 0.05) is 34.4 Å². The molecule has 1 amide bonds. The highest BCUT2D eigenvalue weighted by Gasteiger charge is 2.14. The van der Waals surface area contributed by atoms with Crippen LogP contribution >= 0.6 is 0 Å². The molecule has 39 heavy (non-hydrogen) atoms. The van der Waals surface area contributed by atoms with Crippen LogP contribution in [0.5, 0.6) is 0 Å². The molecule has 0 unspecified atom stereocenters. The van der Waals surface area contributed by atoms with E-state index >= 15 is 0 Å². The lowest BCUT2D eigenvalue weighted by molar-refractivity contribution is 0.102. The number of rotatable bonds is 2. The minimum absolute atomic E-state index is 0.176. The number of nitrogens with one attached hydrogen (secondary N) is 1. The van der Waals surface area contributed by atoms with Crippen LogP contribution in [-0.2, 0) is 0 Å². The van der Waals surface area contributed by atoms with E-state index in [0.717, 1.165) is 54.5 Å². The summed E-state index contributed by atoms with van der Waals surface area (Å²) >= 11 is 0. The maximum atomic E-state index is 13.2. The second-order valence-corrected chi connectivity index (χ2v) is 9.64. The van der Waals surface area contributed by atoms with Crippen molar-refractivity contribution in [3.05, 3.63) is 115 Å². The lowest BCUT2D eigenvalue weighted by Crippen LogP contribution is -2.11. The summed E-state index contributed by atoms with van der Waals surface area (Å²) in [5.74, 6) is -0.176. The van der Waals surface area contributed by atoms with Gasteiger partial charge in [0.05, 0.1) is 33.1 Å². The van der Waals surface area contributed by atoms with Crippen LogP contribution in [0.25, 0.3) is 65.4 Å². The molecule has 1 N–H and O–H groups in total. The Hall–Kier alpha value is -5.49. The molecule has 0 aliphatic heterocycles. The van der Waals surface area contributed by atoms with Crippen LogP contribution in [0.4, 0.5) is 5.69 Å². The van der Waals surface area contributed by atoms with Crippen LogP contribution in [0.2, 0.25) is 0 Å². The molecule has 5 aromatic carbocycles. The third-order valence-corrected chi connectivity index (χ3v) is 7.24. The van der Waals surface area contributed by atoms with E-state index in [1.165, 1.54) is 5.39 Å². The Labute approximate surface area is 222 Å². The van der Waals surface area contributed by atoms with Crippen molar-refractivity contribution in [3.8, 4) is 0 Å². The molecule has 0 saturated carbocycles. The molecule has 0 radical (unpaired) electrons. The van der Waals surface area contributed by atoms with E-state index in [-0.39, 0.29) is 5.91 Å². The Kier molecular flexibility index (Phi) is 4.57. The van der Waals surface area contributed by atoms with Gasteiger partial charge >= 0.3 is 0 Å². The zero-order chi connectivity index (χ0) is 25.9. The summed E-state index contributed by atoms with van der Waals surface area (Å²) < 4.78 is 0. The highest BCUT2D eigenvalue weighted by Crippen LogP contribution is 2.32. The van der Waals surface area contributed by atoms with Crippen molar-refractivity contribution < 1.29 is 4.79 Å².